The number of nitrogens with one attached hydrogen (secondary N) is 1. The van der Waals surface area contributed by atoms with Crippen LogP contribution in [-0.4, -0.2) is 31.8 Å². The Morgan fingerprint density at radius 2 is 1.95 bits per heavy atom. The lowest BCUT2D eigenvalue weighted by atomic mass is 10.0. The summed E-state index contributed by atoms with van der Waals surface area (Å²) in [6.45, 7) is 9.05. The Labute approximate surface area is 133 Å². The molecule has 2 rings (SSSR count). The molecule has 0 amide bonds. The number of nitrogens with zero attached hydrogens (tertiary/aromatic N) is 1. The van der Waals surface area contributed by atoms with Crippen LogP contribution in [0.25, 0.3) is 0 Å². The number of anilines is 1. The van der Waals surface area contributed by atoms with Crippen LogP contribution < -0.4 is 10.2 Å². The third kappa shape index (κ3) is 4.60. The van der Waals surface area contributed by atoms with Crippen LogP contribution >= 0.6 is 11.6 Å². The van der Waals surface area contributed by atoms with Crippen molar-refractivity contribution in [2.75, 3.05) is 25.2 Å². The van der Waals surface area contributed by atoms with Gasteiger partial charge in [-0.05, 0) is 45.2 Å². The fourth-order valence-electron chi connectivity index (χ4n) is 2.71. The van der Waals surface area contributed by atoms with Gasteiger partial charge >= 0.3 is 0 Å². The van der Waals surface area contributed by atoms with Crippen LogP contribution in [0.5, 0.6) is 0 Å². The average Bonchev–Trinajstić information content (AvgIpc) is 2.44. The van der Waals surface area contributed by atoms with E-state index in [4.69, 9.17) is 16.3 Å². The quantitative estimate of drug-likeness (QED) is 0.914. The van der Waals surface area contributed by atoms with Gasteiger partial charge < -0.3 is 15.0 Å². The van der Waals surface area contributed by atoms with Crippen molar-refractivity contribution < 1.29 is 4.74 Å². The molecule has 1 heterocycles. The molecule has 1 aromatic carbocycles. The zero-order valence-electron chi connectivity index (χ0n) is 13.6. The van der Waals surface area contributed by atoms with E-state index in [0.29, 0.717) is 6.04 Å². The smallest absolute Gasteiger partial charge is 0.0642 e. The predicted molar refractivity (Wildman–Crippen MR) is 90.3 cm³/mol. The van der Waals surface area contributed by atoms with Gasteiger partial charge in [0.25, 0.3) is 0 Å². The first-order valence-corrected chi connectivity index (χ1v) is 8.09. The second kappa shape index (κ2) is 6.99. The van der Waals surface area contributed by atoms with Crippen LogP contribution in [0.4, 0.5) is 5.69 Å². The van der Waals surface area contributed by atoms with Gasteiger partial charge in [-0.3, -0.25) is 0 Å². The van der Waals surface area contributed by atoms with Crippen molar-refractivity contribution in [1.29, 1.82) is 0 Å². The third-order valence-corrected chi connectivity index (χ3v) is 4.28. The SMILES string of the molecule is CN(c1c(Cl)cccc1CNC(C)(C)C)C1CCOCC1. The molecule has 1 fully saturated rings. The zero-order chi connectivity index (χ0) is 15.5. The number of benzene rings is 1. The molecule has 0 radical (unpaired) electrons. The lowest BCUT2D eigenvalue weighted by Crippen LogP contribution is -2.39. The van der Waals surface area contributed by atoms with E-state index in [1.54, 1.807) is 0 Å². The van der Waals surface area contributed by atoms with Gasteiger partial charge in [0.2, 0.25) is 0 Å². The van der Waals surface area contributed by atoms with Crippen LogP contribution in [0, 0.1) is 0 Å². The molecule has 0 aliphatic carbocycles. The highest BCUT2D eigenvalue weighted by atomic mass is 35.5. The minimum Gasteiger partial charge on any atom is -0.381 e. The van der Waals surface area contributed by atoms with E-state index >= 15 is 0 Å². The van der Waals surface area contributed by atoms with Crippen molar-refractivity contribution in [3.8, 4) is 0 Å². The van der Waals surface area contributed by atoms with E-state index in [2.05, 4.69) is 44.1 Å². The van der Waals surface area contributed by atoms with E-state index in [9.17, 15) is 0 Å². The largest absolute Gasteiger partial charge is 0.381 e. The predicted octanol–water partition coefficient (Wildman–Crippen LogP) is 3.84. The van der Waals surface area contributed by atoms with Crippen molar-refractivity contribution in [3.05, 3.63) is 28.8 Å². The molecule has 0 unspecified atom stereocenters. The van der Waals surface area contributed by atoms with Gasteiger partial charge in [-0.2, -0.15) is 0 Å². The highest BCUT2D eigenvalue weighted by Gasteiger charge is 2.22. The molecule has 0 saturated carbocycles. The number of para-hydroxylation sites is 1. The molecule has 3 nitrogen and oxygen atoms in total. The Morgan fingerprint density at radius 3 is 2.57 bits per heavy atom. The molecule has 1 aliphatic heterocycles. The summed E-state index contributed by atoms with van der Waals surface area (Å²) in [7, 11) is 2.15. The highest BCUT2D eigenvalue weighted by molar-refractivity contribution is 6.33. The first kappa shape index (κ1) is 16.6. The average molecular weight is 311 g/mol. The number of rotatable bonds is 4. The number of ether oxygens (including phenoxy) is 1. The molecule has 1 saturated heterocycles. The normalized spacial score (nSPS) is 17.0. The lowest BCUT2D eigenvalue weighted by Gasteiger charge is -2.35. The fourth-order valence-corrected chi connectivity index (χ4v) is 3.04. The van der Waals surface area contributed by atoms with Crippen molar-refractivity contribution in [2.45, 2.75) is 51.7 Å². The summed E-state index contributed by atoms with van der Waals surface area (Å²) in [5, 5.41) is 4.38. The highest BCUT2D eigenvalue weighted by Crippen LogP contribution is 2.32. The molecule has 0 spiro atoms. The summed E-state index contributed by atoms with van der Waals surface area (Å²) < 4.78 is 5.47. The van der Waals surface area contributed by atoms with E-state index in [-0.39, 0.29) is 5.54 Å². The molecule has 1 N–H and O–H groups in total. The lowest BCUT2D eigenvalue weighted by molar-refractivity contribution is 0.0854. The second-order valence-corrected chi connectivity index (χ2v) is 7.21. The first-order chi connectivity index (χ1) is 9.88. The monoisotopic (exact) mass is 310 g/mol. The Hall–Kier alpha value is -0.770. The summed E-state index contributed by atoms with van der Waals surface area (Å²) >= 11 is 6.49. The Balaban J connectivity index is 2.20. The maximum absolute atomic E-state index is 6.49. The molecule has 0 aromatic heterocycles. The van der Waals surface area contributed by atoms with Crippen LogP contribution in [0.2, 0.25) is 5.02 Å². The Bertz CT molecular complexity index is 464. The molecular formula is C17H27ClN2O. The third-order valence-electron chi connectivity index (χ3n) is 3.97. The van der Waals surface area contributed by atoms with Crippen LogP contribution in [0.15, 0.2) is 18.2 Å². The van der Waals surface area contributed by atoms with Gasteiger partial charge in [0.05, 0.1) is 10.7 Å². The summed E-state index contributed by atoms with van der Waals surface area (Å²) in [6.07, 6.45) is 2.13. The molecule has 0 atom stereocenters. The van der Waals surface area contributed by atoms with Gasteiger partial charge in [-0.1, -0.05) is 23.7 Å². The Morgan fingerprint density at radius 1 is 1.29 bits per heavy atom. The zero-order valence-corrected chi connectivity index (χ0v) is 14.3. The van der Waals surface area contributed by atoms with Crippen LogP contribution in [-0.2, 0) is 11.3 Å². The second-order valence-electron chi connectivity index (χ2n) is 6.81. The minimum atomic E-state index is 0.0941. The van der Waals surface area contributed by atoms with Gasteiger partial charge in [-0.25, -0.2) is 0 Å². The summed E-state index contributed by atoms with van der Waals surface area (Å²) in [6, 6.07) is 6.68. The van der Waals surface area contributed by atoms with Crippen LogP contribution in [0.3, 0.4) is 0 Å². The minimum absolute atomic E-state index is 0.0941. The summed E-state index contributed by atoms with van der Waals surface area (Å²) in [4.78, 5) is 2.34. The maximum atomic E-state index is 6.49. The van der Waals surface area contributed by atoms with Crippen molar-refractivity contribution in [2.24, 2.45) is 0 Å². The maximum Gasteiger partial charge on any atom is 0.0642 e. The van der Waals surface area contributed by atoms with Gasteiger partial charge in [0.15, 0.2) is 0 Å². The number of hydrogen-bond donors (Lipinski definition) is 1. The van der Waals surface area contributed by atoms with Gasteiger partial charge in [0, 0.05) is 38.4 Å². The summed E-state index contributed by atoms with van der Waals surface area (Å²) in [5.41, 5.74) is 2.51. The van der Waals surface area contributed by atoms with Crippen molar-refractivity contribution in [3.63, 3.8) is 0 Å². The van der Waals surface area contributed by atoms with Crippen molar-refractivity contribution in [1.82, 2.24) is 5.32 Å². The molecule has 1 aliphatic rings. The van der Waals surface area contributed by atoms with E-state index in [1.807, 2.05) is 12.1 Å². The first-order valence-electron chi connectivity index (χ1n) is 7.71. The standard InChI is InChI=1S/C17H27ClN2O/c1-17(2,3)19-12-13-6-5-7-15(18)16(13)20(4)14-8-10-21-11-9-14/h5-7,14,19H,8-12H2,1-4H3. The van der Waals surface area contributed by atoms with E-state index in [1.165, 1.54) is 5.56 Å². The molecule has 118 valence electrons. The fraction of sp³-hybridized carbons (Fsp3) is 0.647. The molecule has 1 aromatic rings. The van der Waals surface area contributed by atoms with Gasteiger partial charge in [-0.15, -0.1) is 0 Å². The van der Waals surface area contributed by atoms with E-state index in [0.717, 1.165) is 43.3 Å². The van der Waals surface area contributed by atoms with Crippen molar-refractivity contribution >= 4 is 17.3 Å². The van der Waals surface area contributed by atoms with Gasteiger partial charge in [0.1, 0.15) is 0 Å². The molecule has 4 heteroatoms. The summed E-state index contributed by atoms with van der Waals surface area (Å²) in [5.74, 6) is 0. The molecule has 0 bridgehead atoms. The van der Waals surface area contributed by atoms with Crippen LogP contribution in [0.1, 0.15) is 39.2 Å². The Kier molecular flexibility index (Phi) is 5.53. The molecular weight excluding hydrogens is 284 g/mol. The molecule has 21 heavy (non-hydrogen) atoms. The van der Waals surface area contributed by atoms with E-state index < -0.39 is 0 Å². The topological polar surface area (TPSA) is 24.5 Å². The number of halogens is 1. The number of hydrogen-bond acceptors (Lipinski definition) is 3.